The first-order chi connectivity index (χ1) is 8.29. The summed E-state index contributed by atoms with van der Waals surface area (Å²) in [6.45, 7) is 14.5. The van der Waals surface area contributed by atoms with Crippen LogP contribution in [-0.2, 0) is 4.74 Å². The predicted octanol–water partition coefficient (Wildman–Crippen LogP) is 2.67. The molecule has 2 atom stereocenters. The van der Waals surface area contributed by atoms with Crippen molar-refractivity contribution < 1.29 is 9.84 Å². The second-order valence-electron chi connectivity index (χ2n) is 6.93. The van der Waals surface area contributed by atoms with Gasteiger partial charge in [0.15, 0.2) is 0 Å². The maximum Gasteiger partial charge on any atom is 0.0721 e. The van der Waals surface area contributed by atoms with Crippen molar-refractivity contribution in [2.75, 3.05) is 26.3 Å². The Balaban J connectivity index is 2.61. The van der Waals surface area contributed by atoms with E-state index in [4.69, 9.17) is 4.74 Å². The third kappa shape index (κ3) is 4.22. The molecule has 1 heterocycles. The maximum atomic E-state index is 10.6. The molecular weight excluding hydrogens is 226 g/mol. The van der Waals surface area contributed by atoms with E-state index in [2.05, 4.69) is 39.5 Å². The zero-order valence-electron chi connectivity index (χ0n) is 12.8. The van der Waals surface area contributed by atoms with Crippen molar-refractivity contribution in [2.45, 2.75) is 65.5 Å². The lowest BCUT2D eigenvalue weighted by molar-refractivity contribution is -0.0762. The molecule has 1 saturated heterocycles. The molecule has 0 saturated carbocycles. The number of morpholine rings is 1. The lowest BCUT2D eigenvalue weighted by Crippen LogP contribution is -2.57. The Kier molecular flexibility index (Phi) is 5.63. The summed E-state index contributed by atoms with van der Waals surface area (Å²) in [5, 5.41) is 10.6. The normalized spacial score (nSPS) is 23.7. The van der Waals surface area contributed by atoms with Crippen molar-refractivity contribution in [3.05, 3.63) is 0 Å². The van der Waals surface area contributed by atoms with Crippen LogP contribution in [0.3, 0.4) is 0 Å². The third-order valence-corrected chi connectivity index (χ3v) is 4.33. The highest BCUT2D eigenvalue weighted by atomic mass is 16.5. The van der Waals surface area contributed by atoms with Gasteiger partial charge >= 0.3 is 0 Å². The van der Waals surface area contributed by atoms with Gasteiger partial charge in [-0.2, -0.15) is 0 Å². The molecule has 1 aliphatic rings. The predicted molar refractivity (Wildman–Crippen MR) is 75.8 cm³/mol. The molecule has 0 aromatic rings. The molecule has 0 aromatic carbocycles. The molecule has 0 aliphatic carbocycles. The topological polar surface area (TPSA) is 32.7 Å². The van der Waals surface area contributed by atoms with Crippen LogP contribution < -0.4 is 0 Å². The van der Waals surface area contributed by atoms with E-state index in [1.54, 1.807) is 0 Å². The molecule has 0 amide bonds. The van der Waals surface area contributed by atoms with Crippen LogP contribution in [0.2, 0.25) is 0 Å². The molecule has 18 heavy (non-hydrogen) atoms. The van der Waals surface area contributed by atoms with Gasteiger partial charge in [-0.3, -0.25) is 4.90 Å². The molecule has 0 bridgehead atoms. The van der Waals surface area contributed by atoms with E-state index >= 15 is 0 Å². The Labute approximate surface area is 113 Å². The van der Waals surface area contributed by atoms with Gasteiger partial charge in [0.05, 0.1) is 19.3 Å². The average molecular weight is 257 g/mol. The number of ether oxygens (including phenoxy) is 1. The van der Waals surface area contributed by atoms with Gasteiger partial charge in [-0.15, -0.1) is 0 Å². The maximum absolute atomic E-state index is 10.6. The van der Waals surface area contributed by atoms with Gasteiger partial charge in [-0.1, -0.05) is 27.7 Å². The van der Waals surface area contributed by atoms with Crippen molar-refractivity contribution in [1.82, 2.24) is 4.90 Å². The zero-order valence-corrected chi connectivity index (χ0v) is 12.8. The molecule has 0 radical (unpaired) electrons. The second-order valence-corrected chi connectivity index (χ2v) is 6.93. The number of hydrogen-bond donors (Lipinski definition) is 1. The molecule has 108 valence electrons. The van der Waals surface area contributed by atoms with Crippen LogP contribution in [0.5, 0.6) is 0 Å². The molecule has 1 rings (SSSR count). The number of rotatable bonds is 5. The molecule has 0 spiro atoms. The van der Waals surface area contributed by atoms with Crippen molar-refractivity contribution in [3.8, 4) is 0 Å². The SMILES string of the molecule is CCC(C)(C(O)CCC(C)(C)C)N1CCOCC1. The van der Waals surface area contributed by atoms with Gasteiger partial charge in [0.1, 0.15) is 0 Å². The molecule has 3 heteroatoms. The largest absolute Gasteiger partial charge is 0.391 e. The second kappa shape index (κ2) is 6.36. The van der Waals surface area contributed by atoms with E-state index in [0.717, 1.165) is 45.6 Å². The minimum absolute atomic E-state index is 0.102. The number of aliphatic hydroxyl groups is 1. The highest BCUT2D eigenvalue weighted by molar-refractivity contribution is 4.93. The molecule has 1 N–H and O–H groups in total. The standard InChI is InChI=1S/C15H31NO2/c1-6-15(5,16-9-11-18-12-10-16)13(17)7-8-14(2,3)4/h13,17H,6-12H2,1-5H3. The first-order valence-corrected chi connectivity index (χ1v) is 7.30. The molecular formula is C15H31NO2. The van der Waals surface area contributed by atoms with Gasteiger partial charge in [0.25, 0.3) is 0 Å². The Morgan fingerprint density at radius 1 is 1.17 bits per heavy atom. The molecule has 0 aromatic heterocycles. The van der Waals surface area contributed by atoms with Crippen molar-refractivity contribution in [1.29, 1.82) is 0 Å². The van der Waals surface area contributed by atoms with E-state index in [9.17, 15) is 5.11 Å². The minimum atomic E-state index is -0.250. The summed E-state index contributed by atoms with van der Waals surface area (Å²) < 4.78 is 5.41. The smallest absolute Gasteiger partial charge is 0.0721 e. The van der Waals surface area contributed by atoms with Crippen LogP contribution in [0.25, 0.3) is 0 Å². The Hall–Kier alpha value is -0.120. The summed E-state index contributed by atoms with van der Waals surface area (Å²) in [5.41, 5.74) is 0.190. The number of nitrogens with zero attached hydrogens (tertiary/aromatic N) is 1. The summed E-state index contributed by atoms with van der Waals surface area (Å²) in [5.74, 6) is 0. The quantitative estimate of drug-likeness (QED) is 0.822. The van der Waals surface area contributed by atoms with Gasteiger partial charge in [-0.25, -0.2) is 0 Å². The van der Waals surface area contributed by atoms with Crippen LogP contribution in [0.1, 0.15) is 53.9 Å². The zero-order chi connectivity index (χ0) is 13.8. The summed E-state index contributed by atoms with van der Waals surface area (Å²) in [4.78, 5) is 2.41. The Bertz CT molecular complexity index is 243. The summed E-state index contributed by atoms with van der Waals surface area (Å²) in [6, 6.07) is 0. The van der Waals surface area contributed by atoms with Crippen molar-refractivity contribution in [3.63, 3.8) is 0 Å². The fourth-order valence-electron chi connectivity index (χ4n) is 2.62. The third-order valence-electron chi connectivity index (χ3n) is 4.33. The van der Waals surface area contributed by atoms with Gasteiger partial charge in [0.2, 0.25) is 0 Å². The van der Waals surface area contributed by atoms with Crippen LogP contribution in [-0.4, -0.2) is 48.0 Å². The van der Waals surface area contributed by atoms with Crippen LogP contribution in [0.4, 0.5) is 0 Å². The van der Waals surface area contributed by atoms with Crippen LogP contribution in [0, 0.1) is 5.41 Å². The van der Waals surface area contributed by atoms with Crippen molar-refractivity contribution >= 4 is 0 Å². The van der Waals surface area contributed by atoms with Crippen molar-refractivity contribution in [2.24, 2.45) is 5.41 Å². The summed E-state index contributed by atoms with van der Waals surface area (Å²) in [6.07, 6.45) is 2.68. The first kappa shape index (κ1) is 15.9. The number of hydrogen-bond acceptors (Lipinski definition) is 3. The molecule has 3 nitrogen and oxygen atoms in total. The lowest BCUT2D eigenvalue weighted by atomic mass is 9.81. The number of aliphatic hydroxyl groups excluding tert-OH is 1. The molecule has 1 fully saturated rings. The van der Waals surface area contributed by atoms with E-state index < -0.39 is 0 Å². The lowest BCUT2D eigenvalue weighted by Gasteiger charge is -2.46. The Morgan fingerprint density at radius 3 is 2.17 bits per heavy atom. The highest BCUT2D eigenvalue weighted by Gasteiger charge is 2.38. The van der Waals surface area contributed by atoms with E-state index in [1.165, 1.54) is 0 Å². The average Bonchev–Trinajstić information content (AvgIpc) is 2.35. The fraction of sp³-hybridized carbons (Fsp3) is 1.00. The Morgan fingerprint density at radius 2 is 1.72 bits per heavy atom. The van der Waals surface area contributed by atoms with Crippen LogP contribution >= 0.6 is 0 Å². The summed E-state index contributed by atoms with van der Waals surface area (Å²) in [7, 11) is 0. The summed E-state index contributed by atoms with van der Waals surface area (Å²) >= 11 is 0. The van der Waals surface area contributed by atoms with Gasteiger partial charge < -0.3 is 9.84 Å². The first-order valence-electron chi connectivity index (χ1n) is 7.30. The van der Waals surface area contributed by atoms with Gasteiger partial charge in [-0.05, 0) is 31.6 Å². The highest BCUT2D eigenvalue weighted by Crippen LogP contribution is 2.30. The van der Waals surface area contributed by atoms with E-state index in [-0.39, 0.29) is 11.6 Å². The van der Waals surface area contributed by atoms with Crippen LogP contribution in [0.15, 0.2) is 0 Å². The van der Waals surface area contributed by atoms with E-state index in [0.29, 0.717) is 5.41 Å². The van der Waals surface area contributed by atoms with Gasteiger partial charge in [0, 0.05) is 18.6 Å². The fourth-order valence-corrected chi connectivity index (χ4v) is 2.62. The van der Waals surface area contributed by atoms with E-state index in [1.807, 2.05) is 0 Å². The molecule has 1 aliphatic heterocycles. The monoisotopic (exact) mass is 257 g/mol. The molecule has 2 unspecified atom stereocenters. The minimum Gasteiger partial charge on any atom is -0.391 e.